The molecule has 4 aliphatic rings. The van der Waals surface area contributed by atoms with E-state index in [0.717, 1.165) is 17.7 Å². The Hall–Kier alpha value is -4.67. The second kappa shape index (κ2) is 13.9. The lowest BCUT2D eigenvalue weighted by Crippen LogP contribution is -2.74. The first-order chi connectivity index (χ1) is 23.5. The lowest BCUT2D eigenvalue weighted by molar-refractivity contribution is -0.192. The molecular formula is C34H37F3N2O11. The number of hydrogen-bond acceptors (Lipinski definition) is 11. The second-order valence-electron chi connectivity index (χ2n) is 12.5. The minimum absolute atomic E-state index is 0.0701. The number of aliphatic hydroxyl groups is 2. The van der Waals surface area contributed by atoms with Crippen LogP contribution in [0.5, 0.6) is 11.5 Å². The van der Waals surface area contributed by atoms with Crippen molar-refractivity contribution in [1.82, 2.24) is 10.2 Å². The topological polar surface area (TPSA) is 181 Å². The summed E-state index contributed by atoms with van der Waals surface area (Å²) in [6, 6.07) is 12.3. The van der Waals surface area contributed by atoms with Crippen LogP contribution < -0.4 is 14.8 Å². The van der Waals surface area contributed by atoms with Crippen molar-refractivity contribution in [3.63, 3.8) is 0 Å². The molecule has 2 bridgehead atoms. The Bertz CT molecular complexity index is 1680. The lowest BCUT2D eigenvalue weighted by Gasteiger charge is -2.61. The molecule has 1 fully saturated rings. The largest absolute Gasteiger partial charge is 0.493 e. The monoisotopic (exact) mass is 706 g/mol. The smallest absolute Gasteiger partial charge is 0.490 e. The average Bonchev–Trinajstić information content (AvgIpc) is 3.42. The van der Waals surface area contributed by atoms with Gasteiger partial charge in [0.15, 0.2) is 17.6 Å². The van der Waals surface area contributed by atoms with Crippen LogP contribution in [0.15, 0.2) is 54.3 Å². The summed E-state index contributed by atoms with van der Waals surface area (Å²) in [5, 5.41) is 31.3. The molecule has 1 amide bonds. The minimum Gasteiger partial charge on any atom is -0.493 e. The van der Waals surface area contributed by atoms with Crippen molar-refractivity contribution in [2.45, 2.75) is 74.2 Å². The molecule has 16 heteroatoms. The van der Waals surface area contributed by atoms with Gasteiger partial charge in [-0.3, -0.25) is 9.59 Å². The fraction of sp³-hybridized carbons (Fsp3) is 0.471. The highest BCUT2D eigenvalue weighted by Crippen LogP contribution is 2.65. The summed E-state index contributed by atoms with van der Waals surface area (Å²) in [5.74, 6) is -3.56. The summed E-state index contributed by atoms with van der Waals surface area (Å²) in [7, 11) is 3.59. The first-order valence-electron chi connectivity index (χ1n) is 15.8. The van der Waals surface area contributed by atoms with E-state index in [-0.39, 0.29) is 31.2 Å². The van der Waals surface area contributed by atoms with E-state index in [1.807, 2.05) is 19.2 Å². The maximum absolute atomic E-state index is 13.8. The molecule has 2 heterocycles. The number of piperidine rings is 1. The first-order valence-corrected chi connectivity index (χ1v) is 15.8. The van der Waals surface area contributed by atoms with Crippen LogP contribution in [0.1, 0.15) is 49.0 Å². The van der Waals surface area contributed by atoms with Gasteiger partial charge >= 0.3 is 24.1 Å². The number of nitrogens with one attached hydrogen (secondary N) is 1. The summed E-state index contributed by atoms with van der Waals surface area (Å²) >= 11 is 0. The number of nitrogens with zero attached hydrogens (tertiary/aromatic N) is 1. The number of aliphatic hydroxyl groups excluding tert-OH is 1. The van der Waals surface area contributed by atoms with Crippen LogP contribution in [0.3, 0.4) is 0 Å². The molecule has 2 aliphatic heterocycles. The van der Waals surface area contributed by atoms with Crippen molar-refractivity contribution in [3.05, 3.63) is 71.0 Å². The zero-order valence-corrected chi connectivity index (χ0v) is 27.4. The fourth-order valence-electron chi connectivity index (χ4n) is 7.26. The molecule has 4 N–H and O–H groups in total. The predicted octanol–water partition coefficient (Wildman–Crippen LogP) is 2.32. The molecule has 0 saturated carbocycles. The van der Waals surface area contributed by atoms with Crippen LogP contribution in [-0.4, -0.2) is 101 Å². The molecule has 6 rings (SSSR count). The molecule has 6 atom stereocenters. The Morgan fingerprint density at radius 3 is 2.44 bits per heavy atom. The highest BCUT2D eigenvalue weighted by Gasteiger charge is 2.72. The average molecular weight is 707 g/mol. The number of carboxylic acid groups (broad SMARTS) is 1. The lowest BCUT2D eigenvalue weighted by atomic mass is 9.50. The van der Waals surface area contributed by atoms with Crippen LogP contribution in [0, 0.1) is 0 Å². The van der Waals surface area contributed by atoms with Crippen molar-refractivity contribution in [1.29, 1.82) is 0 Å². The molecule has 0 radical (unpaired) electrons. The molecule has 270 valence electrons. The summed E-state index contributed by atoms with van der Waals surface area (Å²) in [6.45, 7) is 1.97. The van der Waals surface area contributed by atoms with E-state index in [1.165, 1.54) is 6.92 Å². The Morgan fingerprint density at radius 2 is 1.82 bits per heavy atom. The fourth-order valence-corrected chi connectivity index (χ4v) is 7.26. The number of methoxy groups -OCH3 is 1. The number of aliphatic carboxylic acids is 1. The number of carbonyl (C=O) groups is 4. The summed E-state index contributed by atoms with van der Waals surface area (Å²) in [6.07, 6.45) is -5.49. The summed E-state index contributed by atoms with van der Waals surface area (Å²) < 4.78 is 55.5. The van der Waals surface area contributed by atoms with Crippen molar-refractivity contribution < 1.29 is 66.6 Å². The van der Waals surface area contributed by atoms with E-state index in [4.69, 9.17) is 28.8 Å². The van der Waals surface area contributed by atoms with Gasteiger partial charge in [-0.15, -0.1) is 0 Å². The van der Waals surface area contributed by atoms with Gasteiger partial charge in [-0.1, -0.05) is 36.4 Å². The number of likely N-dealkylation sites (tertiary alicyclic amines) is 1. The van der Waals surface area contributed by atoms with Crippen LogP contribution in [0.25, 0.3) is 0 Å². The van der Waals surface area contributed by atoms with Gasteiger partial charge < -0.3 is 44.5 Å². The number of amides is 1. The highest BCUT2D eigenvalue weighted by atomic mass is 19.4. The van der Waals surface area contributed by atoms with Gasteiger partial charge in [-0.25, -0.2) is 9.59 Å². The number of halogens is 3. The number of benzene rings is 2. The maximum atomic E-state index is 13.8. The Morgan fingerprint density at radius 1 is 1.14 bits per heavy atom. The zero-order valence-electron chi connectivity index (χ0n) is 27.4. The number of alkyl halides is 3. The second-order valence-corrected chi connectivity index (χ2v) is 12.5. The molecule has 0 aromatic heterocycles. The Kier molecular flexibility index (Phi) is 10.2. The van der Waals surface area contributed by atoms with E-state index in [1.54, 1.807) is 43.5 Å². The van der Waals surface area contributed by atoms with Crippen LogP contribution in [0.4, 0.5) is 13.2 Å². The number of carboxylic acids is 1. The molecule has 50 heavy (non-hydrogen) atoms. The van der Waals surface area contributed by atoms with Gasteiger partial charge in [-0.05, 0) is 51.1 Å². The van der Waals surface area contributed by atoms with Crippen molar-refractivity contribution >= 4 is 23.8 Å². The number of hydrogen-bond donors (Lipinski definition) is 4. The SMILES string of the molecule is COc1ccc2c3c1O[C@H]1C(OC(=O)[C@@H](OC(=O)CCNC(=O)[C@H](C)O)c4ccccc4)=CC[C@@]4(O)[C@@H](C2)N(C)CC[C@]314.O=C(O)C(F)(F)F. The van der Waals surface area contributed by atoms with Crippen LogP contribution >= 0.6 is 0 Å². The molecule has 2 aliphatic carbocycles. The Balaban J connectivity index is 0.000000630. The van der Waals surface area contributed by atoms with Gasteiger partial charge in [0.25, 0.3) is 0 Å². The van der Waals surface area contributed by atoms with Crippen LogP contribution in [-0.2, 0) is 40.5 Å². The number of esters is 2. The molecule has 0 unspecified atom stereocenters. The van der Waals surface area contributed by atoms with Gasteiger partial charge in [-0.2, -0.15) is 13.2 Å². The van der Waals surface area contributed by atoms with Crippen molar-refractivity contribution in [2.24, 2.45) is 0 Å². The van der Waals surface area contributed by atoms with Gasteiger partial charge in [0.2, 0.25) is 12.0 Å². The third-order valence-electron chi connectivity index (χ3n) is 9.59. The molecule has 2 aromatic carbocycles. The summed E-state index contributed by atoms with van der Waals surface area (Å²) in [4.78, 5) is 49.2. The van der Waals surface area contributed by atoms with Gasteiger partial charge in [0.05, 0.1) is 24.5 Å². The van der Waals surface area contributed by atoms with E-state index >= 15 is 0 Å². The normalized spacial score (nSPS) is 25.6. The number of rotatable bonds is 9. The van der Waals surface area contributed by atoms with Crippen molar-refractivity contribution in [2.75, 3.05) is 27.2 Å². The maximum Gasteiger partial charge on any atom is 0.490 e. The van der Waals surface area contributed by atoms with Gasteiger partial charge in [0.1, 0.15) is 11.9 Å². The highest BCUT2D eigenvalue weighted by molar-refractivity contribution is 5.83. The molecular weight excluding hydrogens is 669 g/mol. The quantitative estimate of drug-likeness (QED) is 0.280. The van der Waals surface area contributed by atoms with Crippen molar-refractivity contribution in [3.8, 4) is 11.5 Å². The number of carbonyl (C=O) groups excluding carboxylic acids is 3. The molecule has 2 aromatic rings. The first kappa shape index (κ1) is 36.6. The molecule has 1 spiro atoms. The van der Waals surface area contributed by atoms with Crippen LogP contribution in [0.2, 0.25) is 0 Å². The molecule has 13 nitrogen and oxygen atoms in total. The molecule has 1 saturated heterocycles. The minimum atomic E-state index is -5.08. The summed E-state index contributed by atoms with van der Waals surface area (Å²) in [5.41, 5.74) is 0.387. The number of ether oxygens (including phenoxy) is 4. The van der Waals surface area contributed by atoms with E-state index < -0.39 is 59.3 Å². The van der Waals surface area contributed by atoms with E-state index in [9.17, 15) is 37.8 Å². The van der Waals surface area contributed by atoms with E-state index in [0.29, 0.717) is 29.9 Å². The third kappa shape index (κ3) is 6.50. The van der Waals surface area contributed by atoms with Gasteiger partial charge in [0, 0.05) is 30.1 Å². The third-order valence-corrected chi connectivity index (χ3v) is 9.59. The standard InChI is InChI=1S/C32H36N2O9.C2HF3O2/c1-18(35)29(37)33-15-12-24(36)42-26(19-7-5-4-6-8-19)30(38)41-22-11-13-32(39)23-17-20-9-10-21(40-3)27-25(20)31(32,28(22)43-27)14-16-34(23)2;3-2(4,5)1(6)7/h4-11,18,23,26,28,35,39H,12-17H2,1-3H3,(H,33,37);(H,6,7)/t18-,23+,26-,28-,31-,32+;/m0./s1. The predicted molar refractivity (Wildman–Crippen MR) is 166 cm³/mol. The zero-order chi connectivity index (χ0) is 36.6. The van der Waals surface area contributed by atoms with E-state index in [2.05, 4.69) is 10.2 Å². The Labute approximate surface area is 284 Å². The number of likely N-dealkylation sites (N-methyl/N-ethyl adjacent to an activating group) is 1.